The number of carboxylic acids is 1. The highest BCUT2D eigenvalue weighted by atomic mass is 79.9. The minimum absolute atomic E-state index is 0.362. The molecule has 4 heteroatoms. The predicted octanol–water partition coefficient (Wildman–Crippen LogP) is 0.697. The average Bonchev–Trinajstić information content (AvgIpc) is 1.82. The Morgan fingerprint density at radius 3 is 2.78 bits per heavy atom. The van der Waals surface area contributed by atoms with Crippen LogP contribution in [0.5, 0.6) is 0 Å². The topological polar surface area (TPSA) is 63.3 Å². The molecule has 0 aromatic rings. The van der Waals surface area contributed by atoms with E-state index >= 15 is 0 Å². The Morgan fingerprint density at radius 2 is 2.44 bits per heavy atom. The van der Waals surface area contributed by atoms with Gasteiger partial charge in [0.25, 0.3) is 0 Å². The molecular weight excluding hydrogens is 186 g/mol. The molecule has 3 N–H and O–H groups in total. The van der Waals surface area contributed by atoms with Gasteiger partial charge in [0.15, 0.2) is 0 Å². The largest absolute Gasteiger partial charge is 0.480 e. The molecule has 0 aliphatic rings. The third-order valence-corrected chi connectivity index (χ3v) is 1.17. The Morgan fingerprint density at radius 1 is 1.89 bits per heavy atom. The van der Waals surface area contributed by atoms with E-state index in [-0.39, 0.29) is 0 Å². The number of aliphatic carboxylic acids is 1. The highest BCUT2D eigenvalue weighted by molar-refractivity contribution is 9.11. The van der Waals surface area contributed by atoms with Crippen LogP contribution in [0.3, 0.4) is 0 Å². The van der Waals surface area contributed by atoms with E-state index in [1.165, 1.54) is 0 Å². The van der Waals surface area contributed by atoms with Crippen molar-refractivity contribution in [2.75, 3.05) is 0 Å². The number of nitrogens with two attached hydrogens (primary N) is 1. The Hall–Kier alpha value is -0.350. The second-order valence-electron chi connectivity index (χ2n) is 1.54. The lowest BCUT2D eigenvalue weighted by molar-refractivity contribution is -0.138. The zero-order valence-corrected chi connectivity index (χ0v) is 6.34. The Balaban J connectivity index is 3.50. The maximum absolute atomic E-state index is 10.0. The molecule has 0 heterocycles. The predicted molar refractivity (Wildman–Crippen MR) is 38.3 cm³/mol. The van der Waals surface area contributed by atoms with Gasteiger partial charge in [-0.3, -0.25) is 4.79 Å². The van der Waals surface area contributed by atoms with Gasteiger partial charge in [-0.05, 0) is 11.4 Å². The van der Waals surface area contributed by atoms with Crippen molar-refractivity contribution < 1.29 is 9.90 Å². The van der Waals surface area contributed by atoms with E-state index in [4.69, 9.17) is 10.8 Å². The van der Waals surface area contributed by atoms with Crippen molar-refractivity contribution in [2.24, 2.45) is 5.73 Å². The lowest BCUT2D eigenvalue weighted by atomic mass is 10.2. The van der Waals surface area contributed by atoms with Crippen LogP contribution < -0.4 is 5.73 Å². The zero-order chi connectivity index (χ0) is 7.28. The second kappa shape index (κ2) is 4.52. The maximum atomic E-state index is 10.0. The average molecular weight is 194 g/mol. The van der Waals surface area contributed by atoms with Crippen LogP contribution in [0.1, 0.15) is 6.42 Å². The Bertz CT molecular complexity index is 124. The van der Waals surface area contributed by atoms with Crippen LogP contribution in [-0.2, 0) is 4.79 Å². The van der Waals surface area contributed by atoms with E-state index in [0.717, 1.165) is 0 Å². The molecule has 0 spiro atoms. The van der Waals surface area contributed by atoms with Gasteiger partial charge in [0.2, 0.25) is 0 Å². The van der Waals surface area contributed by atoms with Gasteiger partial charge in [0, 0.05) is 0 Å². The molecule has 0 saturated heterocycles. The van der Waals surface area contributed by atoms with Crippen LogP contribution >= 0.6 is 15.9 Å². The fourth-order valence-electron chi connectivity index (χ4n) is 0.299. The van der Waals surface area contributed by atoms with Crippen molar-refractivity contribution in [3.05, 3.63) is 11.1 Å². The van der Waals surface area contributed by atoms with Gasteiger partial charge in [-0.1, -0.05) is 22.0 Å². The molecule has 0 rings (SSSR count). The van der Waals surface area contributed by atoms with Gasteiger partial charge >= 0.3 is 5.97 Å². The first kappa shape index (κ1) is 8.65. The highest BCUT2D eigenvalue weighted by Gasteiger charge is 2.07. The van der Waals surface area contributed by atoms with Crippen LogP contribution in [-0.4, -0.2) is 17.1 Å². The summed E-state index contributed by atoms with van der Waals surface area (Å²) in [5.74, 6) is -0.972. The molecule has 52 valence electrons. The second-order valence-corrected chi connectivity index (χ2v) is 2.07. The van der Waals surface area contributed by atoms with Crippen LogP contribution in [0, 0.1) is 0 Å². The van der Waals surface area contributed by atoms with Crippen LogP contribution in [0.15, 0.2) is 11.1 Å². The zero-order valence-electron chi connectivity index (χ0n) is 4.75. The van der Waals surface area contributed by atoms with Gasteiger partial charge in [-0.15, -0.1) is 0 Å². The number of carboxylic acid groups (broad SMARTS) is 1. The highest BCUT2D eigenvalue weighted by Crippen LogP contribution is 1.92. The summed E-state index contributed by atoms with van der Waals surface area (Å²) in [6, 6.07) is -0.779. The number of rotatable bonds is 3. The van der Waals surface area contributed by atoms with Crippen molar-refractivity contribution in [1.29, 1.82) is 0 Å². The van der Waals surface area contributed by atoms with E-state index in [1.54, 1.807) is 11.1 Å². The first-order valence-electron chi connectivity index (χ1n) is 2.42. The Kier molecular flexibility index (Phi) is 4.35. The maximum Gasteiger partial charge on any atom is 0.320 e. The molecule has 1 atom stereocenters. The molecule has 0 aliphatic carbocycles. The van der Waals surface area contributed by atoms with Gasteiger partial charge in [0.05, 0.1) is 0 Å². The summed E-state index contributed by atoms with van der Waals surface area (Å²) in [6.07, 6.45) is 2.01. The lowest BCUT2D eigenvalue weighted by Crippen LogP contribution is -2.29. The monoisotopic (exact) mass is 193 g/mol. The van der Waals surface area contributed by atoms with Gasteiger partial charge in [-0.25, -0.2) is 0 Å². The minimum Gasteiger partial charge on any atom is -0.480 e. The van der Waals surface area contributed by atoms with Crippen molar-refractivity contribution in [3.63, 3.8) is 0 Å². The molecule has 9 heavy (non-hydrogen) atoms. The van der Waals surface area contributed by atoms with Crippen LogP contribution in [0.4, 0.5) is 0 Å². The minimum atomic E-state index is -0.972. The number of hydrogen-bond acceptors (Lipinski definition) is 2. The van der Waals surface area contributed by atoms with Crippen LogP contribution in [0.2, 0.25) is 0 Å². The molecule has 0 aromatic carbocycles. The summed E-state index contributed by atoms with van der Waals surface area (Å²) in [7, 11) is 0. The van der Waals surface area contributed by atoms with Crippen LogP contribution in [0.25, 0.3) is 0 Å². The molecule has 0 unspecified atom stereocenters. The van der Waals surface area contributed by atoms with Gasteiger partial charge in [-0.2, -0.15) is 0 Å². The van der Waals surface area contributed by atoms with E-state index in [2.05, 4.69) is 15.9 Å². The summed E-state index contributed by atoms with van der Waals surface area (Å²) in [6.45, 7) is 0. The lowest BCUT2D eigenvalue weighted by Gasteiger charge is -1.98. The number of halogens is 1. The van der Waals surface area contributed by atoms with E-state index in [0.29, 0.717) is 6.42 Å². The summed E-state index contributed by atoms with van der Waals surface area (Å²) < 4.78 is 0. The van der Waals surface area contributed by atoms with Crippen molar-refractivity contribution in [1.82, 2.24) is 0 Å². The first-order valence-corrected chi connectivity index (χ1v) is 3.33. The molecule has 0 bridgehead atoms. The van der Waals surface area contributed by atoms with Crippen molar-refractivity contribution in [3.8, 4) is 0 Å². The van der Waals surface area contributed by atoms with E-state index in [1.807, 2.05) is 0 Å². The molecule has 0 saturated carbocycles. The molecule has 0 amide bonds. The summed E-state index contributed by atoms with van der Waals surface area (Å²) in [5, 5.41) is 8.23. The molecule has 0 radical (unpaired) electrons. The normalized spacial score (nSPS) is 14.0. The third kappa shape index (κ3) is 4.17. The molecule has 0 aliphatic heterocycles. The fourth-order valence-corrected chi connectivity index (χ4v) is 0.515. The van der Waals surface area contributed by atoms with E-state index < -0.39 is 12.0 Å². The molecule has 0 fully saturated rings. The van der Waals surface area contributed by atoms with Crippen molar-refractivity contribution in [2.45, 2.75) is 12.5 Å². The summed E-state index contributed by atoms with van der Waals surface area (Å²) in [4.78, 5) is 11.6. The summed E-state index contributed by atoms with van der Waals surface area (Å²) in [5.41, 5.74) is 5.13. The smallest absolute Gasteiger partial charge is 0.320 e. The quantitative estimate of drug-likeness (QED) is 0.694. The third-order valence-electron chi connectivity index (χ3n) is 0.796. The SMILES string of the molecule is N[C@@H](C/C=C\Br)C(=O)O. The number of hydrogen-bond donors (Lipinski definition) is 2. The standard InChI is InChI=1S/C5H8BrNO2/c6-3-1-2-4(7)5(8)9/h1,3-4H,2,7H2,(H,8,9)/b3-1-/t4-/m0/s1. The first-order chi connectivity index (χ1) is 4.18. The Labute approximate surface area is 61.7 Å². The fraction of sp³-hybridized carbons (Fsp3) is 0.400. The van der Waals surface area contributed by atoms with Gasteiger partial charge < -0.3 is 10.8 Å². The number of carbonyl (C=O) groups is 1. The summed E-state index contributed by atoms with van der Waals surface area (Å²) >= 11 is 3.00. The van der Waals surface area contributed by atoms with Crippen molar-refractivity contribution >= 4 is 21.9 Å². The van der Waals surface area contributed by atoms with Gasteiger partial charge in [0.1, 0.15) is 6.04 Å². The molecule has 0 aromatic heterocycles. The molecule has 3 nitrogen and oxygen atoms in total. The van der Waals surface area contributed by atoms with E-state index in [9.17, 15) is 4.79 Å². The molecular formula is C5H8BrNO2.